The Balaban J connectivity index is 1.93. The highest BCUT2D eigenvalue weighted by Crippen LogP contribution is 2.16. The van der Waals surface area contributed by atoms with E-state index in [0.717, 1.165) is 18.2 Å². The predicted molar refractivity (Wildman–Crippen MR) is 60.1 cm³/mol. The smallest absolute Gasteiger partial charge is 0.141 e. The topological polar surface area (TPSA) is 55.0 Å². The Hall–Kier alpha value is -1.16. The number of hydrogen-bond acceptors (Lipinski definition) is 4. The Morgan fingerprint density at radius 1 is 1.47 bits per heavy atom. The Kier molecular flexibility index (Phi) is 3.16. The van der Waals surface area contributed by atoms with Crippen LogP contribution in [0.4, 0.5) is 5.82 Å². The summed E-state index contributed by atoms with van der Waals surface area (Å²) in [5.41, 5.74) is 6.51. The first-order valence-corrected chi connectivity index (χ1v) is 5.53. The molecule has 0 bridgehead atoms. The molecule has 4 heteroatoms. The molecular formula is C11H18N4. The van der Waals surface area contributed by atoms with Crippen LogP contribution >= 0.6 is 0 Å². The number of rotatable bonds is 2. The summed E-state index contributed by atoms with van der Waals surface area (Å²) in [6.45, 7) is 5.56. The van der Waals surface area contributed by atoms with Gasteiger partial charge >= 0.3 is 0 Å². The fourth-order valence-electron chi connectivity index (χ4n) is 2.11. The quantitative estimate of drug-likeness (QED) is 0.792. The lowest BCUT2D eigenvalue weighted by atomic mass is 10.0. The third-order valence-corrected chi connectivity index (χ3v) is 2.85. The number of nitrogens with two attached hydrogens (primary N) is 1. The van der Waals surface area contributed by atoms with Gasteiger partial charge in [0.15, 0.2) is 0 Å². The Morgan fingerprint density at radius 2 is 2.33 bits per heavy atom. The highest BCUT2D eigenvalue weighted by atomic mass is 15.1. The van der Waals surface area contributed by atoms with E-state index in [2.05, 4.69) is 21.8 Å². The molecular weight excluding hydrogens is 188 g/mol. The molecule has 1 aliphatic heterocycles. The normalized spacial score (nSPS) is 22.9. The van der Waals surface area contributed by atoms with Gasteiger partial charge in [0.1, 0.15) is 5.82 Å². The molecule has 4 nitrogen and oxygen atoms in total. The molecule has 15 heavy (non-hydrogen) atoms. The first-order chi connectivity index (χ1) is 7.24. The van der Waals surface area contributed by atoms with Crippen LogP contribution in [0.5, 0.6) is 0 Å². The number of aromatic nitrogens is 2. The molecule has 0 aliphatic carbocycles. The van der Waals surface area contributed by atoms with Crippen molar-refractivity contribution in [2.75, 3.05) is 18.8 Å². The summed E-state index contributed by atoms with van der Waals surface area (Å²) in [7, 11) is 0. The van der Waals surface area contributed by atoms with Crippen LogP contribution in [0.25, 0.3) is 0 Å². The molecule has 1 fully saturated rings. The minimum atomic E-state index is 0.491. The Morgan fingerprint density at radius 3 is 3.00 bits per heavy atom. The fraction of sp³-hybridized carbons (Fsp3) is 0.636. The van der Waals surface area contributed by atoms with Crippen molar-refractivity contribution >= 4 is 5.82 Å². The molecule has 1 atom stereocenters. The second kappa shape index (κ2) is 4.57. The SMILES string of the molecule is CC1CCCN(Cc2cnc(N)cn2)C1. The number of nitrogens with zero attached hydrogens (tertiary/aromatic N) is 3. The summed E-state index contributed by atoms with van der Waals surface area (Å²) >= 11 is 0. The molecule has 82 valence electrons. The van der Waals surface area contributed by atoms with Gasteiger partial charge in [0, 0.05) is 13.1 Å². The largest absolute Gasteiger partial charge is 0.382 e. The summed E-state index contributed by atoms with van der Waals surface area (Å²) < 4.78 is 0. The third kappa shape index (κ3) is 2.89. The van der Waals surface area contributed by atoms with Crippen LogP contribution in [0.1, 0.15) is 25.5 Å². The van der Waals surface area contributed by atoms with E-state index < -0.39 is 0 Å². The zero-order valence-corrected chi connectivity index (χ0v) is 9.19. The predicted octanol–water partition coefficient (Wildman–Crippen LogP) is 1.29. The van der Waals surface area contributed by atoms with E-state index >= 15 is 0 Å². The molecule has 2 heterocycles. The van der Waals surface area contributed by atoms with Crippen molar-refractivity contribution in [2.45, 2.75) is 26.3 Å². The van der Waals surface area contributed by atoms with Crippen LogP contribution in [0, 0.1) is 5.92 Å². The zero-order valence-electron chi connectivity index (χ0n) is 9.19. The summed E-state index contributed by atoms with van der Waals surface area (Å²) in [5.74, 6) is 1.30. The van der Waals surface area contributed by atoms with Gasteiger partial charge in [-0.2, -0.15) is 0 Å². The van der Waals surface area contributed by atoms with Crippen molar-refractivity contribution in [1.29, 1.82) is 0 Å². The molecule has 0 aromatic carbocycles. The molecule has 0 radical (unpaired) electrons. The molecule has 1 aromatic heterocycles. The van der Waals surface area contributed by atoms with Crippen LogP contribution in [0.15, 0.2) is 12.4 Å². The van der Waals surface area contributed by atoms with E-state index in [1.165, 1.54) is 25.9 Å². The average Bonchev–Trinajstić information content (AvgIpc) is 2.22. The minimum absolute atomic E-state index is 0.491. The first kappa shape index (κ1) is 10.4. The van der Waals surface area contributed by atoms with Crippen LogP contribution in [-0.2, 0) is 6.54 Å². The van der Waals surface area contributed by atoms with Gasteiger partial charge in [-0.15, -0.1) is 0 Å². The maximum atomic E-state index is 5.49. The third-order valence-electron chi connectivity index (χ3n) is 2.85. The van der Waals surface area contributed by atoms with E-state index in [9.17, 15) is 0 Å². The molecule has 1 aliphatic rings. The summed E-state index contributed by atoms with van der Waals surface area (Å²) in [6, 6.07) is 0. The number of likely N-dealkylation sites (tertiary alicyclic amines) is 1. The van der Waals surface area contributed by atoms with Crippen LogP contribution in [0.3, 0.4) is 0 Å². The monoisotopic (exact) mass is 206 g/mol. The lowest BCUT2D eigenvalue weighted by Crippen LogP contribution is -2.34. The Bertz CT molecular complexity index is 309. The summed E-state index contributed by atoms with van der Waals surface area (Å²) in [6.07, 6.45) is 6.05. The standard InChI is InChI=1S/C11H18N4/c1-9-3-2-4-15(7-9)8-10-5-14-11(12)6-13-10/h5-6,9H,2-4,7-8H2,1H3,(H2,12,14). The maximum absolute atomic E-state index is 5.49. The van der Waals surface area contributed by atoms with Gasteiger partial charge in [-0.05, 0) is 25.3 Å². The molecule has 1 aromatic rings. The number of nitrogen functional groups attached to an aromatic ring is 1. The van der Waals surface area contributed by atoms with E-state index in [-0.39, 0.29) is 0 Å². The average molecular weight is 206 g/mol. The molecule has 2 N–H and O–H groups in total. The van der Waals surface area contributed by atoms with E-state index in [1.54, 1.807) is 12.4 Å². The zero-order chi connectivity index (χ0) is 10.7. The van der Waals surface area contributed by atoms with Gasteiger partial charge in [-0.1, -0.05) is 6.92 Å². The van der Waals surface area contributed by atoms with Crippen LogP contribution in [0.2, 0.25) is 0 Å². The Labute approximate surface area is 90.5 Å². The number of piperidine rings is 1. The lowest BCUT2D eigenvalue weighted by Gasteiger charge is -2.30. The summed E-state index contributed by atoms with van der Waals surface area (Å²) in [4.78, 5) is 10.8. The summed E-state index contributed by atoms with van der Waals surface area (Å²) in [5, 5.41) is 0. The molecule has 0 spiro atoms. The molecule has 1 saturated heterocycles. The highest BCUT2D eigenvalue weighted by molar-refractivity contribution is 5.22. The van der Waals surface area contributed by atoms with Crippen LogP contribution in [-0.4, -0.2) is 28.0 Å². The van der Waals surface area contributed by atoms with Gasteiger partial charge in [-0.3, -0.25) is 9.88 Å². The maximum Gasteiger partial charge on any atom is 0.141 e. The fourth-order valence-corrected chi connectivity index (χ4v) is 2.11. The molecule has 1 unspecified atom stereocenters. The van der Waals surface area contributed by atoms with E-state index in [4.69, 9.17) is 5.73 Å². The van der Waals surface area contributed by atoms with Gasteiger partial charge in [0.2, 0.25) is 0 Å². The van der Waals surface area contributed by atoms with Gasteiger partial charge in [0.25, 0.3) is 0 Å². The second-order valence-electron chi connectivity index (χ2n) is 4.42. The van der Waals surface area contributed by atoms with Crippen molar-refractivity contribution in [3.05, 3.63) is 18.1 Å². The van der Waals surface area contributed by atoms with Crippen molar-refractivity contribution in [3.63, 3.8) is 0 Å². The highest BCUT2D eigenvalue weighted by Gasteiger charge is 2.16. The molecule has 2 rings (SSSR count). The van der Waals surface area contributed by atoms with E-state index in [0.29, 0.717) is 5.82 Å². The number of anilines is 1. The van der Waals surface area contributed by atoms with Gasteiger partial charge in [-0.25, -0.2) is 4.98 Å². The first-order valence-electron chi connectivity index (χ1n) is 5.53. The van der Waals surface area contributed by atoms with Gasteiger partial charge in [0.05, 0.1) is 18.1 Å². The lowest BCUT2D eigenvalue weighted by molar-refractivity contribution is 0.174. The van der Waals surface area contributed by atoms with Crippen LogP contribution < -0.4 is 5.73 Å². The second-order valence-corrected chi connectivity index (χ2v) is 4.42. The van der Waals surface area contributed by atoms with Crippen molar-refractivity contribution < 1.29 is 0 Å². The van der Waals surface area contributed by atoms with Crippen molar-refractivity contribution in [2.24, 2.45) is 5.92 Å². The van der Waals surface area contributed by atoms with Gasteiger partial charge < -0.3 is 5.73 Å². The molecule has 0 amide bonds. The molecule has 0 saturated carbocycles. The van der Waals surface area contributed by atoms with Crippen molar-refractivity contribution in [3.8, 4) is 0 Å². The van der Waals surface area contributed by atoms with Crippen molar-refractivity contribution in [1.82, 2.24) is 14.9 Å². The minimum Gasteiger partial charge on any atom is -0.382 e. The van der Waals surface area contributed by atoms with E-state index in [1.807, 2.05) is 0 Å². The number of hydrogen-bond donors (Lipinski definition) is 1.